The Labute approximate surface area is 109 Å². The molecular formula is C11H6F5NO3. The van der Waals surface area contributed by atoms with E-state index in [1.807, 2.05) is 0 Å². The minimum absolute atomic E-state index is 0.336. The van der Waals surface area contributed by atoms with Crippen molar-refractivity contribution in [2.45, 2.75) is 12.8 Å². The highest BCUT2D eigenvalue weighted by Gasteiger charge is 2.36. The topological polar surface area (TPSA) is 59.3 Å². The lowest BCUT2D eigenvalue weighted by molar-refractivity contribution is -0.138. The van der Waals surface area contributed by atoms with E-state index in [4.69, 9.17) is 5.26 Å². The second kappa shape index (κ2) is 5.73. The molecule has 9 heteroatoms. The van der Waals surface area contributed by atoms with Gasteiger partial charge in [0.15, 0.2) is 0 Å². The highest BCUT2D eigenvalue weighted by Crippen LogP contribution is 2.37. The number of nitrogens with zero attached hydrogens (tertiary/aromatic N) is 1. The number of methoxy groups -OCH3 is 1. The second-order valence-electron chi connectivity index (χ2n) is 3.38. The average Bonchev–Trinajstić information content (AvgIpc) is 2.35. The first kappa shape index (κ1) is 15.7. The number of ether oxygens (including phenoxy) is 2. The third-order valence-electron chi connectivity index (χ3n) is 2.16. The summed E-state index contributed by atoms with van der Waals surface area (Å²) in [6.07, 6.45) is -5.02. The molecule has 0 radical (unpaired) electrons. The number of nitriles is 1. The van der Waals surface area contributed by atoms with Crippen molar-refractivity contribution in [3.63, 3.8) is 0 Å². The van der Waals surface area contributed by atoms with E-state index in [-0.39, 0.29) is 0 Å². The molecule has 0 heterocycles. The van der Waals surface area contributed by atoms with E-state index in [1.165, 1.54) is 0 Å². The van der Waals surface area contributed by atoms with Crippen molar-refractivity contribution in [3.8, 4) is 11.8 Å². The van der Waals surface area contributed by atoms with Crippen LogP contribution in [0.15, 0.2) is 12.1 Å². The minimum Gasteiger partial charge on any atom is -0.465 e. The Kier molecular flexibility index (Phi) is 4.49. The summed E-state index contributed by atoms with van der Waals surface area (Å²) >= 11 is 0. The summed E-state index contributed by atoms with van der Waals surface area (Å²) in [4.78, 5) is 11.2. The van der Waals surface area contributed by atoms with Crippen LogP contribution in [0.1, 0.15) is 21.5 Å². The van der Waals surface area contributed by atoms with E-state index in [1.54, 1.807) is 0 Å². The summed E-state index contributed by atoms with van der Waals surface area (Å²) in [5.41, 5.74) is -3.35. The standard InChI is InChI=1S/C11H6F5NO3/c1-19-9(18)5-2-7(11(14,15)16)6(4-17)8(3-5)20-10(12)13/h2-3,10H,1H3. The van der Waals surface area contributed by atoms with E-state index in [0.717, 1.165) is 13.2 Å². The molecule has 1 aromatic carbocycles. The van der Waals surface area contributed by atoms with Crippen LogP contribution in [0.2, 0.25) is 0 Å². The van der Waals surface area contributed by atoms with E-state index in [0.29, 0.717) is 12.1 Å². The lowest BCUT2D eigenvalue weighted by atomic mass is 10.0. The normalized spacial score (nSPS) is 11.1. The molecule has 1 rings (SSSR count). The summed E-state index contributed by atoms with van der Waals surface area (Å²) < 4.78 is 70.6. The maximum absolute atomic E-state index is 12.8. The van der Waals surface area contributed by atoms with Crippen molar-refractivity contribution in [1.29, 1.82) is 5.26 Å². The van der Waals surface area contributed by atoms with E-state index in [9.17, 15) is 26.7 Å². The third-order valence-corrected chi connectivity index (χ3v) is 2.16. The van der Waals surface area contributed by atoms with Gasteiger partial charge in [0.2, 0.25) is 0 Å². The molecule has 0 bridgehead atoms. The predicted molar refractivity (Wildman–Crippen MR) is 54.1 cm³/mol. The van der Waals surface area contributed by atoms with Crippen LogP contribution in [0.5, 0.6) is 5.75 Å². The molecular weight excluding hydrogens is 289 g/mol. The number of benzene rings is 1. The molecule has 0 unspecified atom stereocenters. The Morgan fingerprint density at radius 1 is 1.35 bits per heavy atom. The highest BCUT2D eigenvalue weighted by atomic mass is 19.4. The first-order chi connectivity index (χ1) is 9.20. The number of carbonyl (C=O) groups is 1. The van der Waals surface area contributed by atoms with Gasteiger partial charge in [-0.3, -0.25) is 0 Å². The Balaban J connectivity index is 3.57. The van der Waals surface area contributed by atoms with E-state index >= 15 is 0 Å². The lowest BCUT2D eigenvalue weighted by Crippen LogP contribution is -2.14. The van der Waals surface area contributed by atoms with Gasteiger partial charge >= 0.3 is 18.8 Å². The maximum Gasteiger partial charge on any atom is 0.417 e. The van der Waals surface area contributed by atoms with Gasteiger partial charge in [-0.1, -0.05) is 0 Å². The Morgan fingerprint density at radius 2 is 1.95 bits per heavy atom. The van der Waals surface area contributed by atoms with Crippen LogP contribution in [-0.4, -0.2) is 19.7 Å². The van der Waals surface area contributed by atoms with Crippen LogP contribution >= 0.6 is 0 Å². The number of halogens is 5. The van der Waals surface area contributed by atoms with Crippen molar-refractivity contribution in [1.82, 2.24) is 0 Å². The van der Waals surface area contributed by atoms with Gasteiger partial charge in [0.05, 0.1) is 18.2 Å². The molecule has 0 amide bonds. The molecule has 108 valence electrons. The molecule has 0 aliphatic heterocycles. The monoisotopic (exact) mass is 295 g/mol. The van der Waals surface area contributed by atoms with Crippen LogP contribution in [0.4, 0.5) is 22.0 Å². The molecule has 20 heavy (non-hydrogen) atoms. The van der Waals surface area contributed by atoms with Gasteiger partial charge in [0.1, 0.15) is 17.4 Å². The molecule has 0 aliphatic rings. The smallest absolute Gasteiger partial charge is 0.417 e. The van der Waals surface area contributed by atoms with Gasteiger partial charge in [0, 0.05) is 0 Å². The third kappa shape index (κ3) is 3.34. The lowest BCUT2D eigenvalue weighted by Gasteiger charge is -2.14. The van der Waals surface area contributed by atoms with Gasteiger partial charge in [-0.2, -0.15) is 27.2 Å². The zero-order chi connectivity index (χ0) is 15.5. The predicted octanol–water partition coefficient (Wildman–Crippen LogP) is 2.97. The minimum atomic E-state index is -5.02. The van der Waals surface area contributed by atoms with Gasteiger partial charge in [0.25, 0.3) is 0 Å². The molecule has 0 spiro atoms. The van der Waals surface area contributed by atoms with E-state index < -0.39 is 41.2 Å². The number of carbonyl (C=O) groups excluding carboxylic acids is 1. The Morgan fingerprint density at radius 3 is 2.35 bits per heavy atom. The first-order valence-corrected chi connectivity index (χ1v) is 4.89. The fourth-order valence-electron chi connectivity index (χ4n) is 1.38. The number of hydrogen-bond donors (Lipinski definition) is 0. The molecule has 0 aromatic heterocycles. The van der Waals surface area contributed by atoms with Gasteiger partial charge < -0.3 is 9.47 Å². The van der Waals surface area contributed by atoms with E-state index in [2.05, 4.69) is 9.47 Å². The Hall–Kier alpha value is -2.37. The second-order valence-corrected chi connectivity index (χ2v) is 3.38. The SMILES string of the molecule is COC(=O)c1cc(OC(F)F)c(C#N)c(C(F)(F)F)c1. The van der Waals surface area contributed by atoms with Crippen molar-refractivity contribution >= 4 is 5.97 Å². The Bertz CT molecular complexity index is 562. The summed E-state index contributed by atoms with van der Waals surface area (Å²) in [5, 5.41) is 8.67. The van der Waals surface area contributed by atoms with Gasteiger partial charge in [-0.15, -0.1) is 0 Å². The zero-order valence-corrected chi connectivity index (χ0v) is 9.79. The molecule has 0 aliphatic carbocycles. The molecule has 1 aromatic rings. The van der Waals surface area contributed by atoms with Crippen LogP contribution in [0.25, 0.3) is 0 Å². The summed E-state index contributed by atoms with van der Waals surface area (Å²) in [6, 6.07) is 2.05. The molecule has 0 saturated carbocycles. The first-order valence-electron chi connectivity index (χ1n) is 4.89. The molecule has 0 saturated heterocycles. The zero-order valence-electron chi connectivity index (χ0n) is 9.79. The van der Waals surface area contributed by atoms with Crippen molar-refractivity contribution in [2.24, 2.45) is 0 Å². The molecule has 0 N–H and O–H groups in total. The van der Waals surface area contributed by atoms with Crippen molar-refractivity contribution < 1.29 is 36.2 Å². The van der Waals surface area contributed by atoms with Crippen LogP contribution in [0, 0.1) is 11.3 Å². The molecule has 0 fully saturated rings. The fraction of sp³-hybridized carbons (Fsp3) is 0.273. The molecule has 4 nitrogen and oxygen atoms in total. The van der Waals surface area contributed by atoms with Crippen molar-refractivity contribution in [3.05, 3.63) is 28.8 Å². The fourth-order valence-corrected chi connectivity index (χ4v) is 1.38. The summed E-state index contributed by atoms with van der Waals surface area (Å²) in [5.74, 6) is -2.23. The molecule has 0 atom stereocenters. The maximum atomic E-state index is 12.8. The number of esters is 1. The number of alkyl halides is 5. The van der Waals surface area contributed by atoms with Crippen LogP contribution < -0.4 is 4.74 Å². The van der Waals surface area contributed by atoms with Gasteiger partial charge in [-0.05, 0) is 12.1 Å². The summed E-state index contributed by atoms with van der Waals surface area (Å²) in [6.45, 7) is -3.45. The van der Waals surface area contributed by atoms with Gasteiger partial charge in [-0.25, -0.2) is 4.79 Å². The highest BCUT2D eigenvalue weighted by molar-refractivity contribution is 5.90. The largest absolute Gasteiger partial charge is 0.465 e. The van der Waals surface area contributed by atoms with Crippen LogP contribution in [-0.2, 0) is 10.9 Å². The quantitative estimate of drug-likeness (QED) is 0.635. The van der Waals surface area contributed by atoms with Crippen molar-refractivity contribution in [2.75, 3.05) is 7.11 Å². The number of hydrogen-bond acceptors (Lipinski definition) is 4. The van der Waals surface area contributed by atoms with Crippen LogP contribution in [0.3, 0.4) is 0 Å². The summed E-state index contributed by atoms with van der Waals surface area (Å²) in [7, 11) is 0.904. The average molecular weight is 295 g/mol. The number of rotatable bonds is 3.